The maximum atomic E-state index is 10.0. The molecule has 0 saturated heterocycles. The van der Waals surface area contributed by atoms with Crippen LogP contribution in [0.2, 0.25) is 40.9 Å². The zero-order chi connectivity index (χ0) is 75.0. The highest BCUT2D eigenvalue weighted by Gasteiger charge is 2.34. The van der Waals surface area contributed by atoms with E-state index in [1.807, 2.05) is 61.8 Å². The van der Waals surface area contributed by atoms with Crippen molar-refractivity contribution in [1.82, 2.24) is 0 Å². The van der Waals surface area contributed by atoms with Gasteiger partial charge in [0.05, 0.1) is 65.9 Å². The Labute approximate surface area is 631 Å². The first kappa shape index (κ1) is 94.7. The summed E-state index contributed by atoms with van der Waals surface area (Å²) in [6, 6.07) is 50.5. The van der Waals surface area contributed by atoms with Gasteiger partial charge in [-0.05, 0) is 143 Å². The molecule has 6 aliphatic heterocycles. The molecule has 0 fully saturated rings. The Morgan fingerprint density at radius 1 is 0.330 bits per heavy atom. The first-order chi connectivity index (χ1) is 48.2. The van der Waals surface area contributed by atoms with E-state index in [0.717, 1.165) is 31.6 Å². The summed E-state index contributed by atoms with van der Waals surface area (Å²) in [5.74, 6) is 3.25. The Hall–Kier alpha value is -3.33. The van der Waals surface area contributed by atoms with Crippen LogP contribution in [0.1, 0.15) is 137 Å². The van der Waals surface area contributed by atoms with Crippen LogP contribution in [0.25, 0.3) is 0 Å². The van der Waals surface area contributed by atoms with E-state index < -0.39 is 0 Å². The van der Waals surface area contributed by atoms with Crippen LogP contribution in [0.15, 0.2) is 146 Å². The summed E-state index contributed by atoms with van der Waals surface area (Å²) in [6.45, 7) is 27.1. The van der Waals surface area contributed by atoms with E-state index in [0.29, 0.717) is 49.0 Å². The second kappa shape index (κ2) is 57.0. The Balaban J connectivity index is 0.000000559. The van der Waals surface area contributed by atoms with Gasteiger partial charge in [0, 0.05) is 19.0 Å². The number of ketones is 2. The SMILES string of the molecule is CB1O[C@@H](CN)c2ccccc21.CB1O[C@H](CN)c2ccccc21.CC[C@@H]1OB(C)c2ccccc21.CC[C@@H]1OB(C)c2ccccc21.CC[C@H]1OB(C)c2ccccc21.CC[C@H]1OB(C)c2ccccc21.CSCC(C)=O.CSCC(C)=O.CSCN.CSCO.CSCO.CSCO. The predicted octanol–water partition coefficient (Wildman–Crippen LogP) is 12.1. The molecule has 0 unspecified atom stereocenters. The molecule has 12 rings (SSSR count). The number of aliphatic hydroxyl groups excluding tert-OH is 3. The molecule has 6 atom stereocenters. The van der Waals surface area contributed by atoms with Crippen molar-refractivity contribution in [3.05, 3.63) is 179 Å². The number of nitrogens with two attached hydrogens (primary N) is 3. The van der Waals surface area contributed by atoms with Crippen molar-refractivity contribution in [2.75, 3.05) is 85.8 Å². The largest absolute Gasteiger partial charge is 0.424 e. The van der Waals surface area contributed by atoms with Crippen LogP contribution >= 0.6 is 70.6 Å². The summed E-state index contributed by atoms with van der Waals surface area (Å²) >= 11 is 8.99. The second-order valence-corrected chi connectivity index (χ2v) is 28.6. The van der Waals surface area contributed by atoms with E-state index in [9.17, 15) is 9.59 Å². The molecule has 0 spiro atoms. The molecule has 6 aromatic carbocycles. The fourth-order valence-electron chi connectivity index (χ4n) is 11.4. The fraction of sp³-hybridized carbons (Fsp3) is 0.486. The Morgan fingerprint density at radius 3 is 0.610 bits per heavy atom. The molecule has 14 nitrogen and oxygen atoms in total. The third kappa shape index (κ3) is 33.8. The summed E-state index contributed by atoms with van der Waals surface area (Å²) in [5, 5.41) is 23.5. The summed E-state index contributed by atoms with van der Waals surface area (Å²) in [7, 11) is 0. The molecular formula is C74H117B6N3O11S6. The zero-order valence-electron chi connectivity index (χ0n) is 63.1. The van der Waals surface area contributed by atoms with E-state index in [-0.39, 0.29) is 83.1 Å². The van der Waals surface area contributed by atoms with Gasteiger partial charge in [0.2, 0.25) is 0 Å². The number of rotatable bonds is 14. The average molecular weight is 1480 g/mol. The van der Waals surface area contributed by atoms with Gasteiger partial charge in [0.1, 0.15) is 11.6 Å². The number of aliphatic hydroxyl groups is 3. The van der Waals surface area contributed by atoms with Crippen molar-refractivity contribution in [1.29, 1.82) is 0 Å². The second-order valence-electron chi connectivity index (χ2n) is 23.5. The molecule has 0 aliphatic carbocycles. The van der Waals surface area contributed by atoms with Crippen LogP contribution in [-0.4, -0.2) is 154 Å². The smallest absolute Gasteiger partial charge is 0.324 e. The van der Waals surface area contributed by atoms with Gasteiger partial charge in [0.15, 0.2) is 0 Å². The molecule has 0 radical (unpaired) electrons. The molecule has 26 heteroatoms. The van der Waals surface area contributed by atoms with Gasteiger partial charge in [-0.1, -0.05) is 214 Å². The van der Waals surface area contributed by atoms with E-state index in [2.05, 4.69) is 190 Å². The lowest BCUT2D eigenvalue weighted by molar-refractivity contribution is -0.115. The molecule has 0 aromatic heterocycles. The highest BCUT2D eigenvalue weighted by Crippen LogP contribution is 2.30. The summed E-state index contributed by atoms with van der Waals surface area (Å²) in [6.07, 6.45) is 17.2. The molecule has 0 amide bonds. The Bertz CT molecular complexity index is 2630. The van der Waals surface area contributed by atoms with Crippen molar-refractivity contribution in [3.8, 4) is 0 Å². The average Bonchev–Trinajstić information content (AvgIpc) is 1.73. The minimum absolute atomic E-state index is 0.108. The molecule has 6 aliphatic rings. The molecule has 0 saturated carbocycles. The summed E-state index contributed by atoms with van der Waals surface area (Å²) in [5.41, 5.74) is 32.2. The van der Waals surface area contributed by atoms with Crippen molar-refractivity contribution < 1.29 is 52.8 Å². The number of carbonyl (C=O) groups excluding carboxylic acids is 2. The number of benzene rings is 6. The Morgan fingerprint density at radius 2 is 0.490 bits per heavy atom. The molecule has 6 heterocycles. The molecule has 100 heavy (non-hydrogen) atoms. The molecular weight excluding hydrogens is 1360 g/mol. The predicted molar refractivity (Wildman–Crippen MR) is 451 cm³/mol. The molecule has 9 N–H and O–H groups in total. The van der Waals surface area contributed by atoms with Gasteiger partial charge in [-0.25, -0.2) is 0 Å². The van der Waals surface area contributed by atoms with Crippen LogP contribution in [0.3, 0.4) is 0 Å². The highest BCUT2D eigenvalue weighted by molar-refractivity contribution is 7.99. The van der Waals surface area contributed by atoms with Crippen LogP contribution < -0.4 is 50.0 Å². The third-order valence-corrected chi connectivity index (χ3v) is 18.6. The van der Waals surface area contributed by atoms with E-state index >= 15 is 0 Å². The van der Waals surface area contributed by atoms with Crippen LogP contribution in [0, 0.1) is 0 Å². The van der Waals surface area contributed by atoms with E-state index in [1.54, 1.807) is 49.1 Å². The van der Waals surface area contributed by atoms with Gasteiger partial charge in [0.25, 0.3) is 0 Å². The van der Waals surface area contributed by atoms with Crippen molar-refractivity contribution >= 4 is 156 Å². The zero-order valence-corrected chi connectivity index (χ0v) is 68.0. The van der Waals surface area contributed by atoms with Gasteiger partial charge in [-0.3, -0.25) is 9.59 Å². The minimum atomic E-state index is 0.108. The van der Waals surface area contributed by atoms with E-state index in [1.165, 1.54) is 101 Å². The first-order valence-electron chi connectivity index (χ1n) is 34.5. The maximum Gasteiger partial charge on any atom is 0.324 e. The van der Waals surface area contributed by atoms with E-state index in [4.69, 9.17) is 60.4 Å². The number of hydrogen-bond donors (Lipinski definition) is 6. The quantitative estimate of drug-likeness (QED) is 0.0440. The van der Waals surface area contributed by atoms with Gasteiger partial charge < -0.3 is 60.4 Å². The lowest BCUT2D eigenvalue weighted by atomic mass is 9.64. The number of thioether (sulfide) groups is 6. The lowest BCUT2D eigenvalue weighted by Gasteiger charge is -2.08. The lowest BCUT2D eigenvalue weighted by Crippen LogP contribution is -2.23. The van der Waals surface area contributed by atoms with Gasteiger partial charge >= 0.3 is 41.5 Å². The van der Waals surface area contributed by atoms with Crippen molar-refractivity contribution in [2.45, 2.75) is 145 Å². The fourth-order valence-corrected chi connectivity index (χ4v) is 12.3. The van der Waals surface area contributed by atoms with Gasteiger partial charge in [-0.15, -0.1) is 35.3 Å². The Kier molecular flexibility index (Phi) is 53.9. The van der Waals surface area contributed by atoms with Crippen LogP contribution in [-0.2, 0) is 37.5 Å². The number of hydrogen-bond acceptors (Lipinski definition) is 20. The highest BCUT2D eigenvalue weighted by atomic mass is 32.2. The van der Waals surface area contributed by atoms with Crippen molar-refractivity contribution in [3.63, 3.8) is 0 Å². The number of fused-ring (bicyclic) bond motifs is 6. The van der Waals surface area contributed by atoms with Gasteiger partial charge in [-0.2, -0.15) is 35.3 Å². The number of Topliss-reactive ketones (excluding diaryl/α,β-unsaturated/α-hetero) is 2. The summed E-state index contributed by atoms with van der Waals surface area (Å²) < 4.78 is 34.4. The van der Waals surface area contributed by atoms with Crippen LogP contribution in [0.4, 0.5) is 0 Å². The first-order valence-corrected chi connectivity index (χ1v) is 42.8. The standard InChI is InChI=1S/4C10H13BO.2C9H12BNO.2C4H8OS.C2H7NS.3C2H6OS/c4*1-3-10-8-6-4-5-7-9(8)11(2)12-10;2*1-10-8-5-3-2-4-7(8)9(6-11)12-10;2*1-4(5)3-6-2;4*1-4-2-3/h4*4-7,10H,3H2,1-2H3;2*2-5,9H,6,11H2,1H3;2*3H2,1-2H3;2-3H2,1H3;3*3H,2H2,1H3/t4*10-;2*9-;;;;;;/m110010....../s1. The normalized spacial score (nSPS) is 17.4. The minimum Gasteiger partial charge on any atom is -0.424 e. The number of carbonyl (C=O) groups is 2. The topological polar surface area (TPSA) is 228 Å². The van der Waals surface area contributed by atoms with Crippen LogP contribution in [0.5, 0.6) is 0 Å². The maximum absolute atomic E-state index is 10.0. The monoisotopic (exact) mass is 1480 g/mol. The molecule has 6 aromatic rings. The molecule has 548 valence electrons. The summed E-state index contributed by atoms with van der Waals surface area (Å²) in [4.78, 5) is 20.0. The van der Waals surface area contributed by atoms with Crippen molar-refractivity contribution in [2.24, 2.45) is 17.2 Å². The third-order valence-electron chi connectivity index (χ3n) is 16.1. The molecule has 0 bridgehead atoms.